The highest BCUT2D eigenvalue weighted by atomic mass is 32.1. The maximum Gasteiger partial charge on any atom is 0.419 e. The predicted molar refractivity (Wildman–Crippen MR) is 62.2 cm³/mol. The van der Waals surface area contributed by atoms with Crippen LogP contribution < -0.4 is 0 Å². The van der Waals surface area contributed by atoms with Gasteiger partial charge in [0, 0.05) is 23.1 Å². The van der Waals surface area contributed by atoms with Crippen molar-refractivity contribution in [1.29, 1.82) is 0 Å². The highest BCUT2D eigenvalue weighted by molar-refractivity contribution is 7.09. The van der Waals surface area contributed by atoms with Crippen molar-refractivity contribution in [2.75, 3.05) is 0 Å². The SMILES string of the molecule is OC(Cc1cncs1)c1cccc(C(F)(F)F)c1F. The molecule has 0 aliphatic heterocycles. The molecule has 1 heterocycles. The van der Waals surface area contributed by atoms with Crippen molar-refractivity contribution in [1.82, 2.24) is 4.98 Å². The quantitative estimate of drug-likeness (QED) is 0.877. The van der Waals surface area contributed by atoms with Crippen molar-refractivity contribution in [3.05, 3.63) is 51.7 Å². The minimum Gasteiger partial charge on any atom is -0.388 e. The molecule has 0 aliphatic rings. The number of hydrogen-bond donors (Lipinski definition) is 1. The number of alkyl halides is 3. The van der Waals surface area contributed by atoms with Gasteiger partial charge < -0.3 is 5.11 Å². The van der Waals surface area contributed by atoms with Gasteiger partial charge in [-0.3, -0.25) is 4.98 Å². The third-order valence-electron chi connectivity index (χ3n) is 2.57. The Labute approximate surface area is 110 Å². The molecule has 0 bridgehead atoms. The molecule has 0 saturated heterocycles. The number of halogens is 4. The molecule has 1 N–H and O–H groups in total. The van der Waals surface area contributed by atoms with Crippen LogP contribution in [0.15, 0.2) is 29.9 Å². The Balaban J connectivity index is 2.30. The van der Waals surface area contributed by atoms with Crippen molar-refractivity contribution in [2.45, 2.75) is 18.7 Å². The summed E-state index contributed by atoms with van der Waals surface area (Å²) in [4.78, 5) is 4.45. The summed E-state index contributed by atoms with van der Waals surface area (Å²) in [6, 6.07) is 2.88. The number of aliphatic hydroxyl groups excluding tert-OH is 1. The Morgan fingerprint density at radius 3 is 2.63 bits per heavy atom. The molecule has 1 aromatic carbocycles. The summed E-state index contributed by atoms with van der Waals surface area (Å²) in [5.74, 6) is -1.42. The largest absolute Gasteiger partial charge is 0.419 e. The van der Waals surface area contributed by atoms with Crippen molar-refractivity contribution < 1.29 is 22.7 Å². The second-order valence-electron chi connectivity index (χ2n) is 3.89. The van der Waals surface area contributed by atoms with E-state index in [1.165, 1.54) is 23.0 Å². The van der Waals surface area contributed by atoms with Crippen LogP contribution in [0.2, 0.25) is 0 Å². The summed E-state index contributed by atoms with van der Waals surface area (Å²) in [5, 5.41) is 9.83. The fraction of sp³-hybridized carbons (Fsp3) is 0.250. The molecule has 1 atom stereocenters. The molecule has 2 nitrogen and oxygen atoms in total. The van der Waals surface area contributed by atoms with Crippen LogP contribution in [0.3, 0.4) is 0 Å². The van der Waals surface area contributed by atoms with Crippen LogP contribution in [-0.2, 0) is 12.6 Å². The number of hydrogen-bond acceptors (Lipinski definition) is 3. The Kier molecular flexibility index (Phi) is 3.86. The first-order valence-electron chi connectivity index (χ1n) is 5.30. The third-order valence-corrected chi connectivity index (χ3v) is 3.37. The fourth-order valence-electron chi connectivity index (χ4n) is 1.67. The maximum atomic E-state index is 13.8. The topological polar surface area (TPSA) is 33.1 Å². The molecule has 1 unspecified atom stereocenters. The molecule has 0 aliphatic carbocycles. The maximum absolute atomic E-state index is 13.8. The van der Waals surface area contributed by atoms with Gasteiger partial charge in [-0.15, -0.1) is 11.3 Å². The van der Waals surface area contributed by atoms with E-state index < -0.39 is 23.7 Å². The molecule has 0 fully saturated rings. The van der Waals surface area contributed by atoms with Crippen LogP contribution in [0.1, 0.15) is 22.1 Å². The molecular formula is C12H9F4NOS. The highest BCUT2D eigenvalue weighted by Gasteiger charge is 2.35. The molecule has 0 amide bonds. The second-order valence-corrected chi connectivity index (χ2v) is 4.87. The summed E-state index contributed by atoms with van der Waals surface area (Å²) in [6.45, 7) is 0. The lowest BCUT2D eigenvalue weighted by atomic mass is 10.0. The first-order valence-corrected chi connectivity index (χ1v) is 6.18. The normalized spacial score (nSPS) is 13.5. The molecule has 0 radical (unpaired) electrons. The van der Waals surface area contributed by atoms with Crippen molar-refractivity contribution >= 4 is 11.3 Å². The van der Waals surface area contributed by atoms with Crippen molar-refractivity contribution in [2.24, 2.45) is 0 Å². The molecule has 0 spiro atoms. The van der Waals surface area contributed by atoms with Gasteiger partial charge in [0.1, 0.15) is 5.82 Å². The van der Waals surface area contributed by atoms with E-state index in [9.17, 15) is 22.7 Å². The lowest BCUT2D eigenvalue weighted by molar-refractivity contribution is -0.140. The zero-order valence-electron chi connectivity index (χ0n) is 9.49. The summed E-state index contributed by atoms with van der Waals surface area (Å²) >= 11 is 1.25. The van der Waals surface area contributed by atoms with Crippen LogP contribution in [0.5, 0.6) is 0 Å². The number of thiazole rings is 1. The zero-order valence-corrected chi connectivity index (χ0v) is 10.3. The fourth-order valence-corrected chi connectivity index (χ4v) is 2.30. The monoisotopic (exact) mass is 291 g/mol. The smallest absolute Gasteiger partial charge is 0.388 e. The number of aromatic nitrogens is 1. The molecule has 19 heavy (non-hydrogen) atoms. The second kappa shape index (κ2) is 5.26. The van der Waals surface area contributed by atoms with Gasteiger partial charge in [0.05, 0.1) is 17.2 Å². The lowest BCUT2D eigenvalue weighted by Gasteiger charge is -2.14. The van der Waals surface area contributed by atoms with Gasteiger partial charge in [-0.2, -0.15) is 13.2 Å². The minimum absolute atomic E-state index is 0.0307. The average Bonchev–Trinajstić information content (AvgIpc) is 2.80. The number of aliphatic hydroxyl groups is 1. The van der Waals surface area contributed by atoms with E-state index in [1.54, 1.807) is 0 Å². The van der Waals surface area contributed by atoms with E-state index in [1.807, 2.05) is 0 Å². The van der Waals surface area contributed by atoms with Crippen LogP contribution in [-0.4, -0.2) is 10.1 Å². The predicted octanol–water partition coefficient (Wildman–Crippen LogP) is 3.58. The number of benzene rings is 1. The minimum atomic E-state index is -4.77. The van der Waals surface area contributed by atoms with Gasteiger partial charge >= 0.3 is 6.18 Å². The van der Waals surface area contributed by atoms with Gasteiger partial charge in [-0.05, 0) is 6.07 Å². The van der Waals surface area contributed by atoms with Gasteiger partial charge in [0.15, 0.2) is 0 Å². The Morgan fingerprint density at radius 1 is 1.32 bits per heavy atom. The zero-order chi connectivity index (χ0) is 14.0. The van der Waals surface area contributed by atoms with E-state index in [4.69, 9.17) is 0 Å². The van der Waals surface area contributed by atoms with Gasteiger partial charge in [-0.25, -0.2) is 4.39 Å². The first kappa shape index (κ1) is 14.0. The molecule has 7 heteroatoms. The molecule has 102 valence electrons. The Morgan fingerprint density at radius 2 is 2.05 bits per heavy atom. The van der Waals surface area contributed by atoms with Gasteiger partial charge in [0.2, 0.25) is 0 Å². The molecular weight excluding hydrogens is 282 g/mol. The number of nitrogens with zero attached hydrogens (tertiary/aromatic N) is 1. The standard InChI is InChI=1S/C12H9F4NOS/c13-11-8(2-1-3-9(11)12(14,15)16)10(18)4-7-5-17-6-19-7/h1-3,5-6,10,18H,4H2. The van der Waals surface area contributed by atoms with E-state index in [2.05, 4.69) is 4.98 Å². The first-order chi connectivity index (χ1) is 8.89. The van der Waals surface area contributed by atoms with E-state index >= 15 is 0 Å². The van der Waals surface area contributed by atoms with E-state index in [0.717, 1.165) is 12.1 Å². The summed E-state index contributed by atoms with van der Waals surface area (Å²) in [6.07, 6.45) is -4.59. The Hall–Kier alpha value is -1.47. The summed E-state index contributed by atoms with van der Waals surface area (Å²) < 4.78 is 51.4. The lowest BCUT2D eigenvalue weighted by Crippen LogP contribution is -2.12. The van der Waals surface area contributed by atoms with Gasteiger partial charge in [-0.1, -0.05) is 12.1 Å². The Bertz CT molecular complexity index is 553. The van der Waals surface area contributed by atoms with Crippen LogP contribution >= 0.6 is 11.3 Å². The highest BCUT2D eigenvalue weighted by Crippen LogP contribution is 2.34. The average molecular weight is 291 g/mol. The number of rotatable bonds is 3. The van der Waals surface area contributed by atoms with Gasteiger partial charge in [0.25, 0.3) is 0 Å². The molecule has 0 saturated carbocycles. The summed E-state index contributed by atoms with van der Waals surface area (Å²) in [7, 11) is 0. The third kappa shape index (κ3) is 3.10. The molecule has 2 rings (SSSR count). The summed E-state index contributed by atoms with van der Waals surface area (Å²) in [5.41, 5.74) is -0.193. The van der Waals surface area contributed by atoms with E-state index in [0.29, 0.717) is 10.9 Å². The van der Waals surface area contributed by atoms with Crippen LogP contribution in [0, 0.1) is 5.82 Å². The van der Waals surface area contributed by atoms with E-state index in [-0.39, 0.29) is 12.0 Å². The van der Waals surface area contributed by atoms with Crippen LogP contribution in [0.25, 0.3) is 0 Å². The van der Waals surface area contributed by atoms with Crippen molar-refractivity contribution in [3.63, 3.8) is 0 Å². The molecule has 2 aromatic rings. The van der Waals surface area contributed by atoms with Crippen LogP contribution in [0.4, 0.5) is 17.6 Å². The molecule has 1 aromatic heterocycles. The van der Waals surface area contributed by atoms with Crippen molar-refractivity contribution in [3.8, 4) is 0 Å².